The summed E-state index contributed by atoms with van der Waals surface area (Å²) in [6, 6.07) is 9.20. The highest BCUT2D eigenvalue weighted by Crippen LogP contribution is 2.36. The number of fused-ring (bicyclic) bond motifs is 1. The van der Waals surface area contributed by atoms with Gasteiger partial charge in [-0.3, -0.25) is 9.78 Å². The first-order valence-electron chi connectivity index (χ1n) is 12.1. The second kappa shape index (κ2) is 9.48. The van der Waals surface area contributed by atoms with Crippen LogP contribution in [0.15, 0.2) is 42.7 Å². The zero-order valence-electron chi connectivity index (χ0n) is 20.4. The van der Waals surface area contributed by atoms with E-state index in [1.807, 2.05) is 24.4 Å². The third-order valence-electron chi connectivity index (χ3n) is 6.88. The van der Waals surface area contributed by atoms with Crippen LogP contribution in [0.2, 0.25) is 0 Å². The molecule has 0 radical (unpaired) electrons. The minimum Gasteiger partial charge on any atom is -0.461 e. The molecule has 2 aliphatic rings. The van der Waals surface area contributed by atoms with E-state index >= 15 is 0 Å². The van der Waals surface area contributed by atoms with E-state index in [0.29, 0.717) is 30.9 Å². The Morgan fingerprint density at radius 2 is 2.08 bits per heavy atom. The second-order valence-electron chi connectivity index (χ2n) is 9.93. The van der Waals surface area contributed by atoms with Crippen LogP contribution in [0.3, 0.4) is 0 Å². The van der Waals surface area contributed by atoms with Crippen LogP contribution in [0.1, 0.15) is 49.5 Å². The number of nitrogens with zero attached hydrogens (tertiary/aromatic N) is 2. The molecular formula is C26H30FN3O5S. The Bertz CT molecular complexity index is 1400. The number of benzene rings is 1. The molecule has 2 aliphatic heterocycles. The number of nitrogens with one attached hydrogen (secondary N) is 1. The SMILES string of the molecule is CC(F)Oc1cccc(-c2cn(C3CCOCC3)c3cc(C(=O)N[C@@]4(C)CCS(=O)(=O)C4)cnc23)c1. The van der Waals surface area contributed by atoms with Crippen molar-refractivity contribution in [3.8, 4) is 16.9 Å². The molecule has 0 bridgehead atoms. The molecule has 0 spiro atoms. The minimum atomic E-state index is -3.16. The van der Waals surface area contributed by atoms with Crippen LogP contribution >= 0.6 is 0 Å². The number of hydrogen-bond donors (Lipinski definition) is 1. The number of amides is 1. The zero-order chi connectivity index (χ0) is 25.5. The topological polar surface area (TPSA) is 99.5 Å². The predicted octanol–water partition coefficient (Wildman–Crippen LogP) is 4.06. The fourth-order valence-electron chi connectivity index (χ4n) is 5.11. The molecule has 192 valence electrons. The van der Waals surface area contributed by atoms with Crippen LogP contribution in [0.25, 0.3) is 22.2 Å². The first kappa shape index (κ1) is 24.7. The highest BCUT2D eigenvalue weighted by Gasteiger charge is 2.39. The van der Waals surface area contributed by atoms with Gasteiger partial charge in [0, 0.05) is 44.1 Å². The average Bonchev–Trinajstić information content (AvgIpc) is 3.35. The first-order valence-corrected chi connectivity index (χ1v) is 14.0. The molecule has 1 amide bonds. The van der Waals surface area contributed by atoms with Crippen LogP contribution in [-0.4, -0.2) is 60.5 Å². The van der Waals surface area contributed by atoms with Gasteiger partial charge in [-0.25, -0.2) is 12.8 Å². The number of alkyl halides is 1. The van der Waals surface area contributed by atoms with Gasteiger partial charge in [0.25, 0.3) is 5.91 Å². The van der Waals surface area contributed by atoms with Crippen LogP contribution in [0, 0.1) is 0 Å². The van der Waals surface area contributed by atoms with Crippen LogP contribution in [-0.2, 0) is 14.6 Å². The number of aromatic nitrogens is 2. The maximum absolute atomic E-state index is 13.4. The summed E-state index contributed by atoms with van der Waals surface area (Å²) in [6.07, 6.45) is 4.16. The fourth-order valence-corrected chi connectivity index (χ4v) is 7.20. The lowest BCUT2D eigenvalue weighted by Crippen LogP contribution is -2.46. The van der Waals surface area contributed by atoms with E-state index in [-0.39, 0.29) is 23.5 Å². The number of hydrogen-bond acceptors (Lipinski definition) is 6. The summed E-state index contributed by atoms with van der Waals surface area (Å²) in [5.41, 5.74) is 2.78. The van der Waals surface area contributed by atoms with Crippen molar-refractivity contribution < 1.29 is 27.1 Å². The Labute approximate surface area is 209 Å². The first-order chi connectivity index (χ1) is 17.1. The number of carbonyl (C=O) groups is 1. The molecule has 2 saturated heterocycles. The van der Waals surface area contributed by atoms with E-state index in [4.69, 9.17) is 9.47 Å². The van der Waals surface area contributed by atoms with Crippen molar-refractivity contribution in [1.29, 1.82) is 0 Å². The summed E-state index contributed by atoms with van der Waals surface area (Å²) >= 11 is 0. The summed E-state index contributed by atoms with van der Waals surface area (Å²) in [6.45, 7) is 4.40. The molecule has 5 rings (SSSR count). The van der Waals surface area contributed by atoms with Crippen LogP contribution in [0.4, 0.5) is 4.39 Å². The number of rotatable bonds is 6. The molecule has 1 N–H and O–H groups in total. The average molecular weight is 516 g/mol. The van der Waals surface area contributed by atoms with Gasteiger partial charge < -0.3 is 19.4 Å². The summed E-state index contributed by atoms with van der Waals surface area (Å²) in [5, 5.41) is 2.92. The van der Waals surface area contributed by atoms with Crippen molar-refractivity contribution in [3.63, 3.8) is 0 Å². The highest BCUT2D eigenvalue weighted by atomic mass is 32.2. The van der Waals surface area contributed by atoms with Crippen LogP contribution < -0.4 is 10.1 Å². The second-order valence-corrected chi connectivity index (χ2v) is 12.1. The van der Waals surface area contributed by atoms with Gasteiger partial charge in [-0.05, 0) is 49.9 Å². The maximum Gasteiger partial charge on any atom is 0.253 e. The normalized spacial score (nSPS) is 23.0. The van der Waals surface area contributed by atoms with Crippen molar-refractivity contribution in [2.75, 3.05) is 24.7 Å². The summed E-state index contributed by atoms with van der Waals surface area (Å²) < 4.78 is 50.3. The zero-order valence-corrected chi connectivity index (χ0v) is 21.2. The smallest absolute Gasteiger partial charge is 0.253 e. The van der Waals surface area contributed by atoms with Gasteiger partial charge in [-0.1, -0.05) is 12.1 Å². The van der Waals surface area contributed by atoms with Crippen molar-refractivity contribution >= 4 is 26.8 Å². The fraction of sp³-hybridized carbons (Fsp3) is 0.462. The number of ether oxygens (including phenoxy) is 2. The maximum atomic E-state index is 13.4. The molecular weight excluding hydrogens is 485 g/mol. The third-order valence-corrected chi connectivity index (χ3v) is 8.78. The van der Waals surface area contributed by atoms with Gasteiger partial charge in [0.2, 0.25) is 6.36 Å². The van der Waals surface area contributed by atoms with Gasteiger partial charge in [0.05, 0.1) is 33.6 Å². The summed E-state index contributed by atoms with van der Waals surface area (Å²) in [7, 11) is -3.16. The standard InChI is InChI=1S/C26H30FN3O5S/c1-17(27)35-21-5-3-4-18(12-21)22-15-30(20-6-9-34-10-7-20)23-13-19(14-28-24(22)23)25(31)29-26(2)8-11-36(32,33)16-26/h3-5,12-15,17,20H,6-11,16H2,1-2H3,(H,29,31)/t17?,26-/m0/s1. The van der Waals surface area contributed by atoms with Gasteiger partial charge in [-0.15, -0.1) is 0 Å². The molecule has 2 atom stereocenters. The van der Waals surface area contributed by atoms with Gasteiger partial charge in [0.1, 0.15) is 5.75 Å². The van der Waals surface area contributed by atoms with Gasteiger partial charge >= 0.3 is 0 Å². The number of carbonyl (C=O) groups excluding carboxylic acids is 1. The lowest BCUT2D eigenvalue weighted by Gasteiger charge is -2.25. The van der Waals surface area contributed by atoms with Crippen molar-refractivity contribution in [3.05, 3.63) is 48.3 Å². The van der Waals surface area contributed by atoms with E-state index in [2.05, 4.69) is 14.9 Å². The molecule has 10 heteroatoms. The molecule has 4 heterocycles. The Morgan fingerprint density at radius 1 is 1.31 bits per heavy atom. The van der Waals surface area contributed by atoms with Crippen molar-refractivity contribution in [2.24, 2.45) is 0 Å². The number of pyridine rings is 1. The lowest BCUT2D eigenvalue weighted by atomic mass is 10.0. The molecule has 8 nitrogen and oxygen atoms in total. The molecule has 1 unspecified atom stereocenters. The van der Waals surface area contributed by atoms with Crippen LogP contribution in [0.5, 0.6) is 5.75 Å². The van der Waals surface area contributed by atoms with E-state index in [1.54, 1.807) is 19.1 Å². The monoisotopic (exact) mass is 515 g/mol. The molecule has 2 aromatic heterocycles. The highest BCUT2D eigenvalue weighted by molar-refractivity contribution is 7.91. The molecule has 3 aromatic rings. The Hall–Kier alpha value is -2.98. The summed E-state index contributed by atoms with van der Waals surface area (Å²) in [5.74, 6) is 0.0730. The molecule has 1 aromatic carbocycles. The largest absolute Gasteiger partial charge is 0.461 e. The van der Waals surface area contributed by atoms with Crippen molar-refractivity contribution in [2.45, 2.75) is 51.0 Å². The van der Waals surface area contributed by atoms with E-state index in [1.165, 1.54) is 13.1 Å². The van der Waals surface area contributed by atoms with E-state index in [0.717, 1.165) is 35.0 Å². The molecule has 36 heavy (non-hydrogen) atoms. The number of sulfone groups is 1. The Kier molecular flexibility index (Phi) is 6.50. The minimum absolute atomic E-state index is 0.0695. The molecule has 2 fully saturated rings. The molecule has 0 saturated carbocycles. The number of halogens is 1. The Balaban J connectivity index is 1.54. The predicted molar refractivity (Wildman–Crippen MR) is 135 cm³/mol. The lowest BCUT2D eigenvalue weighted by molar-refractivity contribution is 0.0707. The quantitative estimate of drug-likeness (QED) is 0.532. The van der Waals surface area contributed by atoms with Crippen molar-refractivity contribution in [1.82, 2.24) is 14.9 Å². The van der Waals surface area contributed by atoms with Gasteiger partial charge in [-0.2, -0.15) is 0 Å². The van der Waals surface area contributed by atoms with E-state index in [9.17, 15) is 17.6 Å². The molecule has 0 aliphatic carbocycles. The summed E-state index contributed by atoms with van der Waals surface area (Å²) in [4.78, 5) is 17.8. The van der Waals surface area contributed by atoms with Gasteiger partial charge in [0.15, 0.2) is 9.84 Å². The third kappa shape index (κ3) is 5.10. The van der Waals surface area contributed by atoms with E-state index < -0.39 is 21.7 Å². The Morgan fingerprint density at radius 3 is 2.78 bits per heavy atom.